The van der Waals surface area contributed by atoms with Gasteiger partial charge in [0.15, 0.2) is 0 Å². The summed E-state index contributed by atoms with van der Waals surface area (Å²) in [6, 6.07) is 3.83. The molecule has 0 aromatic heterocycles. The van der Waals surface area contributed by atoms with Crippen LogP contribution in [0.2, 0.25) is 0 Å². The largest absolute Gasteiger partial charge is 0.312 e. The number of halogens is 1. The fourth-order valence-electron chi connectivity index (χ4n) is 1.72. The Kier molecular flexibility index (Phi) is 4.09. The number of rotatable bonds is 3. The average molecular weight is 223 g/mol. The molecule has 0 aliphatic rings. The molecule has 0 unspecified atom stereocenters. The maximum atomic E-state index is 13.4. The number of nitrogens with one attached hydrogen (secondary N) is 1. The minimum Gasteiger partial charge on any atom is -0.312 e. The first-order valence-electron chi connectivity index (χ1n) is 5.76. The molecule has 0 saturated heterocycles. The number of hydrogen-bond donors (Lipinski definition) is 1. The molecule has 1 N–H and O–H groups in total. The highest BCUT2D eigenvalue weighted by atomic mass is 19.1. The van der Waals surface area contributed by atoms with Crippen LogP contribution < -0.4 is 5.32 Å². The zero-order valence-electron chi connectivity index (χ0n) is 10.9. The average Bonchev–Trinajstić information content (AvgIpc) is 2.12. The topological polar surface area (TPSA) is 12.0 Å². The minimum atomic E-state index is -0.0837. The van der Waals surface area contributed by atoms with Gasteiger partial charge in [0.1, 0.15) is 5.82 Å². The lowest BCUT2D eigenvalue weighted by molar-refractivity contribution is 0.379. The highest BCUT2D eigenvalue weighted by Gasteiger charge is 2.09. The number of aryl methyl sites for hydroxylation is 2. The van der Waals surface area contributed by atoms with Gasteiger partial charge in [-0.2, -0.15) is 0 Å². The maximum absolute atomic E-state index is 13.4. The van der Waals surface area contributed by atoms with E-state index < -0.39 is 0 Å². The third-order valence-electron chi connectivity index (χ3n) is 2.48. The van der Waals surface area contributed by atoms with Crippen molar-refractivity contribution in [3.05, 3.63) is 34.6 Å². The van der Waals surface area contributed by atoms with Gasteiger partial charge in [-0.25, -0.2) is 4.39 Å². The summed E-state index contributed by atoms with van der Waals surface area (Å²) in [6.45, 7) is 12.0. The molecule has 0 radical (unpaired) electrons. The highest BCUT2D eigenvalue weighted by molar-refractivity contribution is 5.30. The van der Waals surface area contributed by atoms with Gasteiger partial charge in [-0.05, 0) is 36.0 Å². The minimum absolute atomic E-state index is 0.0837. The normalized spacial score (nSPS) is 11.9. The number of hydrogen-bond acceptors (Lipinski definition) is 1. The molecule has 1 nitrogen and oxygen atoms in total. The van der Waals surface area contributed by atoms with Crippen LogP contribution in [-0.2, 0) is 6.54 Å². The first kappa shape index (κ1) is 13.2. The van der Waals surface area contributed by atoms with Gasteiger partial charge in [-0.3, -0.25) is 0 Å². The van der Waals surface area contributed by atoms with Crippen molar-refractivity contribution in [2.75, 3.05) is 6.54 Å². The summed E-state index contributed by atoms with van der Waals surface area (Å²) in [7, 11) is 0. The van der Waals surface area contributed by atoms with Crippen molar-refractivity contribution >= 4 is 0 Å². The first-order chi connectivity index (χ1) is 7.29. The van der Waals surface area contributed by atoms with Gasteiger partial charge in [0.25, 0.3) is 0 Å². The maximum Gasteiger partial charge on any atom is 0.129 e. The van der Waals surface area contributed by atoms with Crippen LogP contribution in [-0.4, -0.2) is 6.54 Å². The van der Waals surface area contributed by atoms with E-state index in [0.29, 0.717) is 0 Å². The Morgan fingerprint density at radius 1 is 1.12 bits per heavy atom. The third-order valence-corrected chi connectivity index (χ3v) is 2.48. The Morgan fingerprint density at radius 2 is 1.62 bits per heavy atom. The second-order valence-corrected chi connectivity index (χ2v) is 5.71. The molecule has 0 heterocycles. The Balaban J connectivity index is 2.62. The quantitative estimate of drug-likeness (QED) is 0.826. The lowest BCUT2D eigenvalue weighted by atomic mass is 9.97. The highest BCUT2D eigenvalue weighted by Crippen LogP contribution is 2.15. The van der Waals surface area contributed by atoms with Crippen LogP contribution in [0.5, 0.6) is 0 Å². The zero-order valence-corrected chi connectivity index (χ0v) is 10.9. The predicted molar refractivity (Wildman–Crippen MR) is 67.0 cm³/mol. The van der Waals surface area contributed by atoms with Gasteiger partial charge in [-0.15, -0.1) is 0 Å². The van der Waals surface area contributed by atoms with E-state index >= 15 is 0 Å². The monoisotopic (exact) mass is 223 g/mol. The van der Waals surface area contributed by atoms with Crippen LogP contribution in [0.15, 0.2) is 12.1 Å². The lowest BCUT2D eigenvalue weighted by Gasteiger charge is -2.19. The molecule has 1 rings (SSSR count). The third kappa shape index (κ3) is 3.93. The zero-order chi connectivity index (χ0) is 12.3. The fourth-order valence-corrected chi connectivity index (χ4v) is 1.72. The van der Waals surface area contributed by atoms with Gasteiger partial charge in [0, 0.05) is 13.1 Å². The molecule has 0 bridgehead atoms. The van der Waals surface area contributed by atoms with Crippen molar-refractivity contribution in [1.29, 1.82) is 0 Å². The van der Waals surface area contributed by atoms with E-state index in [4.69, 9.17) is 0 Å². The van der Waals surface area contributed by atoms with Crippen molar-refractivity contribution in [3.63, 3.8) is 0 Å². The molecular weight excluding hydrogens is 201 g/mol. The van der Waals surface area contributed by atoms with Crippen LogP contribution in [0, 0.1) is 25.1 Å². The van der Waals surface area contributed by atoms with E-state index in [9.17, 15) is 4.39 Å². The lowest BCUT2D eigenvalue weighted by Crippen LogP contribution is -2.26. The molecule has 1 aromatic rings. The molecular formula is C14H22FN. The molecule has 0 saturated carbocycles. The van der Waals surface area contributed by atoms with Crippen molar-refractivity contribution in [2.45, 2.75) is 41.2 Å². The van der Waals surface area contributed by atoms with Crippen molar-refractivity contribution in [1.82, 2.24) is 5.32 Å². The molecule has 0 aliphatic carbocycles. The number of benzene rings is 1. The van der Waals surface area contributed by atoms with Crippen LogP contribution in [0.25, 0.3) is 0 Å². The van der Waals surface area contributed by atoms with Crippen molar-refractivity contribution in [3.8, 4) is 0 Å². The summed E-state index contributed by atoms with van der Waals surface area (Å²) in [6.07, 6.45) is 0. The van der Waals surface area contributed by atoms with Crippen molar-refractivity contribution in [2.24, 2.45) is 5.41 Å². The SMILES string of the molecule is Cc1cc(CNCC(C)(C)C)cc(C)c1F. The van der Waals surface area contributed by atoms with Crippen molar-refractivity contribution < 1.29 is 4.39 Å². The van der Waals surface area contributed by atoms with Gasteiger partial charge in [0.2, 0.25) is 0 Å². The van der Waals surface area contributed by atoms with Gasteiger partial charge in [0.05, 0.1) is 0 Å². The summed E-state index contributed by atoms with van der Waals surface area (Å²) >= 11 is 0. The molecule has 16 heavy (non-hydrogen) atoms. The van der Waals surface area contributed by atoms with Crippen LogP contribution in [0.4, 0.5) is 4.39 Å². The van der Waals surface area contributed by atoms with Gasteiger partial charge in [-0.1, -0.05) is 32.9 Å². The van der Waals surface area contributed by atoms with E-state index in [1.165, 1.54) is 0 Å². The Labute approximate surface area is 98.1 Å². The van der Waals surface area contributed by atoms with Gasteiger partial charge >= 0.3 is 0 Å². The summed E-state index contributed by atoms with van der Waals surface area (Å²) < 4.78 is 13.4. The molecule has 0 spiro atoms. The second kappa shape index (κ2) is 4.96. The molecule has 90 valence electrons. The summed E-state index contributed by atoms with van der Waals surface area (Å²) in [5.41, 5.74) is 2.89. The van der Waals surface area contributed by atoms with E-state index in [2.05, 4.69) is 26.1 Å². The molecule has 0 atom stereocenters. The Hall–Kier alpha value is -0.890. The Morgan fingerprint density at radius 3 is 2.06 bits per heavy atom. The fraction of sp³-hybridized carbons (Fsp3) is 0.571. The molecule has 2 heteroatoms. The van der Waals surface area contributed by atoms with Gasteiger partial charge < -0.3 is 5.32 Å². The standard InChI is InChI=1S/C14H22FN/c1-10-6-12(7-11(2)13(10)15)8-16-9-14(3,4)5/h6-7,16H,8-9H2,1-5H3. The molecule has 1 aromatic carbocycles. The summed E-state index contributed by atoms with van der Waals surface area (Å²) in [5.74, 6) is -0.0837. The summed E-state index contributed by atoms with van der Waals surface area (Å²) in [4.78, 5) is 0. The van der Waals surface area contributed by atoms with Crippen LogP contribution in [0.3, 0.4) is 0 Å². The van der Waals surface area contributed by atoms with Crippen LogP contribution >= 0.6 is 0 Å². The van der Waals surface area contributed by atoms with E-state index in [-0.39, 0.29) is 11.2 Å². The second-order valence-electron chi connectivity index (χ2n) is 5.71. The molecule has 0 fully saturated rings. The van der Waals surface area contributed by atoms with E-state index in [1.807, 2.05) is 26.0 Å². The molecule has 0 amide bonds. The predicted octanol–water partition coefficient (Wildman–Crippen LogP) is 3.58. The van der Waals surface area contributed by atoms with E-state index in [0.717, 1.165) is 29.8 Å². The Bertz CT molecular complexity index is 340. The first-order valence-corrected chi connectivity index (χ1v) is 5.76. The van der Waals surface area contributed by atoms with Crippen LogP contribution in [0.1, 0.15) is 37.5 Å². The smallest absolute Gasteiger partial charge is 0.129 e. The summed E-state index contributed by atoms with van der Waals surface area (Å²) in [5, 5.41) is 3.39. The molecule has 0 aliphatic heterocycles. The van der Waals surface area contributed by atoms with E-state index in [1.54, 1.807) is 0 Å².